The van der Waals surface area contributed by atoms with Crippen LogP contribution in [0.25, 0.3) is 10.9 Å². The second-order valence-corrected chi connectivity index (χ2v) is 9.54. The number of fused-ring (bicyclic) bond motifs is 1. The third-order valence-electron chi connectivity index (χ3n) is 7.25. The number of aromatic nitrogens is 1. The number of H-pyrrole nitrogens is 1. The van der Waals surface area contributed by atoms with Crippen LogP contribution in [0.1, 0.15) is 43.2 Å². The fourth-order valence-electron chi connectivity index (χ4n) is 5.30. The highest BCUT2D eigenvalue weighted by Gasteiger charge is 2.27. The number of carbonyl (C=O) groups excluding carboxylic acids is 1. The molecule has 0 bridgehead atoms. The summed E-state index contributed by atoms with van der Waals surface area (Å²) in [5.41, 5.74) is 3.76. The lowest BCUT2D eigenvalue weighted by molar-refractivity contribution is -0.135. The van der Waals surface area contributed by atoms with E-state index >= 15 is 0 Å². The quantitative estimate of drug-likeness (QED) is 0.570. The van der Waals surface area contributed by atoms with Crippen LogP contribution in [0, 0.1) is 0 Å². The zero-order valence-corrected chi connectivity index (χ0v) is 19.4. The molecular weight excluding hydrogens is 410 g/mol. The SMILES string of the molecule is O=C(CCc1c[nH]c2ccccc12)N1CCC(OC2CCN(Cc3ccccc3)CC2)CC1. The van der Waals surface area contributed by atoms with Crippen molar-refractivity contribution in [1.82, 2.24) is 14.8 Å². The van der Waals surface area contributed by atoms with Gasteiger partial charge in [-0.1, -0.05) is 48.5 Å². The first kappa shape index (κ1) is 22.2. The third kappa shape index (κ3) is 5.66. The van der Waals surface area contributed by atoms with Crippen LogP contribution >= 0.6 is 0 Å². The molecule has 0 radical (unpaired) electrons. The van der Waals surface area contributed by atoms with Gasteiger partial charge < -0.3 is 14.6 Å². The maximum atomic E-state index is 12.8. The van der Waals surface area contributed by atoms with Crippen LogP contribution in [0.3, 0.4) is 0 Å². The summed E-state index contributed by atoms with van der Waals surface area (Å²) in [5.74, 6) is 0.271. The Kier molecular flexibility index (Phi) is 7.08. The largest absolute Gasteiger partial charge is 0.375 e. The molecule has 3 heterocycles. The van der Waals surface area contributed by atoms with Crippen LogP contribution in [0.2, 0.25) is 0 Å². The number of piperidine rings is 2. The summed E-state index contributed by atoms with van der Waals surface area (Å²) in [6.45, 7) is 4.89. The number of carbonyl (C=O) groups is 1. The van der Waals surface area contributed by atoms with Crippen molar-refractivity contribution >= 4 is 16.8 Å². The van der Waals surface area contributed by atoms with E-state index in [0.717, 1.165) is 70.3 Å². The highest BCUT2D eigenvalue weighted by molar-refractivity contribution is 5.84. The Labute approximate surface area is 196 Å². The van der Waals surface area contributed by atoms with E-state index in [0.29, 0.717) is 18.6 Å². The van der Waals surface area contributed by atoms with Crippen LogP contribution < -0.4 is 0 Å². The lowest BCUT2D eigenvalue weighted by Crippen LogP contribution is -2.43. The number of likely N-dealkylation sites (tertiary alicyclic amines) is 2. The van der Waals surface area contributed by atoms with Gasteiger partial charge in [-0.2, -0.15) is 0 Å². The van der Waals surface area contributed by atoms with E-state index in [9.17, 15) is 4.79 Å². The minimum atomic E-state index is 0.271. The molecule has 0 spiro atoms. The van der Waals surface area contributed by atoms with Crippen molar-refractivity contribution in [2.75, 3.05) is 26.2 Å². The molecule has 1 N–H and O–H groups in total. The molecule has 174 valence electrons. The molecule has 0 saturated carbocycles. The normalized spacial score (nSPS) is 18.7. The number of nitrogens with one attached hydrogen (secondary N) is 1. The molecule has 2 aliphatic heterocycles. The van der Waals surface area contributed by atoms with Crippen LogP contribution in [0.4, 0.5) is 0 Å². The lowest BCUT2D eigenvalue weighted by Gasteiger charge is -2.37. The van der Waals surface area contributed by atoms with E-state index < -0.39 is 0 Å². The van der Waals surface area contributed by atoms with E-state index in [2.05, 4.69) is 58.4 Å². The van der Waals surface area contributed by atoms with Gasteiger partial charge in [0, 0.05) is 56.2 Å². The van der Waals surface area contributed by atoms with E-state index in [-0.39, 0.29) is 5.91 Å². The number of nitrogens with zero attached hydrogens (tertiary/aromatic N) is 2. The number of para-hydroxylation sites is 1. The molecular formula is C28H35N3O2. The molecule has 0 unspecified atom stereocenters. The van der Waals surface area contributed by atoms with Gasteiger partial charge >= 0.3 is 0 Å². The van der Waals surface area contributed by atoms with E-state index in [1.807, 2.05) is 17.2 Å². The summed E-state index contributed by atoms with van der Waals surface area (Å²) >= 11 is 0. The van der Waals surface area contributed by atoms with Gasteiger partial charge in [0.25, 0.3) is 0 Å². The lowest BCUT2D eigenvalue weighted by atomic mass is 10.0. The van der Waals surface area contributed by atoms with Crippen molar-refractivity contribution in [3.05, 3.63) is 71.9 Å². The third-order valence-corrected chi connectivity index (χ3v) is 7.25. The first-order chi connectivity index (χ1) is 16.2. The Morgan fingerprint density at radius 3 is 2.30 bits per heavy atom. The molecule has 2 fully saturated rings. The highest BCUT2D eigenvalue weighted by Crippen LogP contribution is 2.23. The highest BCUT2D eigenvalue weighted by atomic mass is 16.5. The Balaban J connectivity index is 1.01. The van der Waals surface area contributed by atoms with Crippen LogP contribution in [0.5, 0.6) is 0 Å². The minimum Gasteiger partial charge on any atom is -0.375 e. The number of rotatable bonds is 7. The molecule has 2 aromatic carbocycles. The molecule has 33 heavy (non-hydrogen) atoms. The molecule has 3 aromatic rings. The van der Waals surface area contributed by atoms with E-state index in [1.165, 1.54) is 16.5 Å². The number of benzene rings is 2. The predicted octanol–water partition coefficient (Wildman–Crippen LogP) is 4.77. The zero-order chi connectivity index (χ0) is 22.5. The zero-order valence-electron chi connectivity index (χ0n) is 19.4. The molecule has 5 heteroatoms. The van der Waals surface area contributed by atoms with Crippen LogP contribution in [-0.4, -0.2) is 59.1 Å². The average molecular weight is 446 g/mol. The monoisotopic (exact) mass is 445 g/mol. The van der Waals surface area contributed by atoms with Gasteiger partial charge in [0.1, 0.15) is 0 Å². The summed E-state index contributed by atoms with van der Waals surface area (Å²) in [6, 6.07) is 19.0. The number of ether oxygens (including phenoxy) is 1. The smallest absolute Gasteiger partial charge is 0.222 e. The van der Waals surface area contributed by atoms with Gasteiger partial charge in [-0.05, 0) is 49.3 Å². The number of amides is 1. The Morgan fingerprint density at radius 2 is 1.55 bits per heavy atom. The Bertz CT molecular complexity index is 1030. The van der Waals surface area contributed by atoms with Gasteiger partial charge in [0.15, 0.2) is 0 Å². The fourth-order valence-corrected chi connectivity index (χ4v) is 5.30. The molecule has 2 aliphatic rings. The molecule has 1 amide bonds. The molecule has 0 aliphatic carbocycles. The number of aryl methyl sites for hydroxylation is 1. The maximum Gasteiger partial charge on any atom is 0.222 e. The number of aromatic amines is 1. The van der Waals surface area contributed by atoms with Crippen molar-refractivity contribution < 1.29 is 9.53 Å². The predicted molar refractivity (Wildman–Crippen MR) is 132 cm³/mol. The average Bonchev–Trinajstić information content (AvgIpc) is 3.28. The standard InChI is InChI=1S/C28H35N3O2/c32-28(11-10-23-20-29-27-9-5-4-8-26(23)27)31-18-14-25(15-19-31)33-24-12-16-30(17-13-24)21-22-6-2-1-3-7-22/h1-9,20,24-25,29H,10-19,21H2. The molecule has 5 rings (SSSR count). The second kappa shape index (κ2) is 10.5. The Hall–Kier alpha value is -2.63. The fraction of sp³-hybridized carbons (Fsp3) is 0.464. The summed E-state index contributed by atoms with van der Waals surface area (Å²) in [6.07, 6.45) is 8.22. The minimum absolute atomic E-state index is 0.271. The van der Waals surface area contributed by atoms with Gasteiger partial charge in [0.05, 0.1) is 12.2 Å². The van der Waals surface area contributed by atoms with Gasteiger partial charge in [-0.3, -0.25) is 9.69 Å². The van der Waals surface area contributed by atoms with E-state index in [4.69, 9.17) is 4.74 Å². The van der Waals surface area contributed by atoms with Crippen LogP contribution in [-0.2, 0) is 22.5 Å². The van der Waals surface area contributed by atoms with Gasteiger partial charge in [-0.25, -0.2) is 0 Å². The van der Waals surface area contributed by atoms with Crippen molar-refractivity contribution in [2.45, 2.75) is 57.3 Å². The number of hydrogen-bond donors (Lipinski definition) is 1. The first-order valence-corrected chi connectivity index (χ1v) is 12.5. The summed E-state index contributed by atoms with van der Waals surface area (Å²) < 4.78 is 6.46. The second-order valence-electron chi connectivity index (χ2n) is 9.54. The van der Waals surface area contributed by atoms with E-state index in [1.54, 1.807) is 0 Å². The molecule has 5 nitrogen and oxygen atoms in total. The van der Waals surface area contributed by atoms with Crippen molar-refractivity contribution in [2.24, 2.45) is 0 Å². The van der Waals surface area contributed by atoms with Crippen LogP contribution in [0.15, 0.2) is 60.8 Å². The summed E-state index contributed by atoms with van der Waals surface area (Å²) in [5, 5.41) is 1.23. The topological polar surface area (TPSA) is 48.6 Å². The molecule has 2 saturated heterocycles. The maximum absolute atomic E-state index is 12.8. The van der Waals surface area contributed by atoms with Crippen molar-refractivity contribution in [3.8, 4) is 0 Å². The van der Waals surface area contributed by atoms with Crippen molar-refractivity contribution in [1.29, 1.82) is 0 Å². The van der Waals surface area contributed by atoms with Gasteiger partial charge in [0.2, 0.25) is 5.91 Å². The number of hydrogen-bond acceptors (Lipinski definition) is 3. The summed E-state index contributed by atoms with van der Waals surface area (Å²) in [7, 11) is 0. The first-order valence-electron chi connectivity index (χ1n) is 12.5. The van der Waals surface area contributed by atoms with Crippen molar-refractivity contribution in [3.63, 3.8) is 0 Å². The Morgan fingerprint density at radius 1 is 0.879 bits per heavy atom. The molecule has 1 aromatic heterocycles. The van der Waals surface area contributed by atoms with Gasteiger partial charge in [-0.15, -0.1) is 0 Å². The summed E-state index contributed by atoms with van der Waals surface area (Å²) in [4.78, 5) is 20.7. The molecule has 0 atom stereocenters.